The third-order valence-corrected chi connectivity index (χ3v) is 7.31. The number of thioether (sulfide) groups is 1. The predicted molar refractivity (Wildman–Crippen MR) is 125 cm³/mol. The molecule has 1 unspecified atom stereocenters. The Labute approximate surface area is 189 Å². The van der Waals surface area contributed by atoms with Crippen LogP contribution in [-0.2, 0) is 13.1 Å². The van der Waals surface area contributed by atoms with E-state index in [-0.39, 0.29) is 12.5 Å². The number of fused-ring (bicyclic) bond motifs is 1. The Morgan fingerprint density at radius 3 is 2.71 bits per heavy atom. The molecule has 0 radical (unpaired) electrons. The van der Waals surface area contributed by atoms with Gasteiger partial charge in [0.1, 0.15) is 0 Å². The monoisotopic (exact) mass is 439 g/mol. The first-order valence-electron chi connectivity index (χ1n) is 11.5. The fraction of sp³-hybridized carbons (Fsp3) is 0.520. The van der Waals surface area contributed by atoms with Gasteiger partial charge in [-0.1, -0.05) is 38.3 Å². The zero-order valence-corrected chi connectivity index (χ0v) is 19.2. The topological polar surface area (TPSA) is 65.5 Å². The molecule has 31 heavy (non-hydrogen) atoms. The number of nitrogens with zero attached hydrogens (tertiary/aromatic N) is 2. The molecule has 1 aromatic carbocycles. The number of amides is 1. The van der Waals surface area contributed by atoms with Gasteiger partial charge in [0, 0.05) is 30.7 Å². The van der Waals surface area contributed by atoms with Crippen LogP contribution in [0.4, 0.5) is 0 Å². The minimum absolute atomic E-state index is 0.139. The summed E-state index contributed by atoms with van der Waals surface area (Å²) >= 11 is 1.77. The molecule has 5 nitrogen and oxygen atoms in total. The van der Waals surface area contributed by atoms with Crippen molar-refractivity contribution in [3.63, 3.8) is 0 Å². The largest absolute Gasteiger partial charge is 0.394 e. The van der Waals surface area contributed by atoms with Crippen LogP contribution in [0.2, 0.25) is 0 Å². The van der Waals surface area contributed by atoms with Gasteiger partial charge >= 0.3 is 0 Å². The van der Waals surface area contributed by atoms with Gasteiger partial charge < -0.3 is 10.4 Å². The van der Waals surface area contributed by atoms with Crippen LogP contribution in [0.25, 0.3) is 0 Å². The molecule has 1 aliphatic carbocycles. The van der Waals surface area contributed by atoms with Crippen LogP contribution >= 0.6 is 11.8 Å². The molecule has 0 bridgehead atoms. The van der Waals surface area contributed by atoms with E-state index in [4.69, 9.17) is 0 Å². The number of carbonyl (C=O) groups excluding carboxylic acids is 1. The number of aromatic nitrogens is 1. The highest BCUT2D eigenvalue weighted by Gasteiger charge is 2.25. The lowest BCUT2D eigenvalue weighted by Gasteiger charge is -2.26. The molecule has 1 atom stereocenters. The first kappa shape index (κ1) is 22.3. The summed E-state index contributed by atoms with van der Waals surface area (Å²) < 4.78 is 0. The number of aliphatic hydroxyl groups is 1. The van der Waals surface area contributed by atoms with Gasteiger partial charge in [0.05, 0.1) is 23.9 Å². The zero-order chi connectivity index (χ0) is 21.6. The van der Waals surface area contributed by atoms with E-state index in [0.29, 0.717) is 5.56 Å². The van der Waals surface area contributed by atoms with E-state index >= 15 is 0 Å². The van der Waals surface area contributed by atoms with E-state index in [1.807, 2.05) is 30.3 Å². The molecule has 166 valence electrons. The van der Waals surface area contributed by atoms with E-state index < -0.39 is 6.04 Å². The second-order valence-electron chi connectivity index (χ2n) is 8.71. The number of hydrogen-bond donors (Lipinski definition) is 2. The first-order chi connectivity index (χ1) is 15.2. The highest BCUT2D eigenvalue weighted by molar-refractivity contribution is 7.99. The van der Waals surface area contributed by atoms with E-state index in [1.165, 1.54) is 37.0 Å². The van der Waals surface area contributed by atoms with Crippen LogP contribution in [0.15, 0.2) is 41.4 Å². The van der Waals surface area contributed by atoms with Crippen molar-refractivity contribution in [3.05, 3.63) is 58.9 Å². The standard InChI is InChI=1S/C25H33N3O2S/c1-2-31-22-10-8-19(9-11-22)24(17-29)27-25(30)20-12-21-15-28(16-23(21)26-13-20)14-18-6-4-3-5-7-18/h8-13,18,24,29H,2-7,14-17H2,1H3,(H,27,30). The highest BCUT2D eigenvalue weighted by Crippen LogP contribution is 2.29. The molecule has 4 rings (SSSR count). The lowest BCUT2D eigenvalue weighted by molar-refractivity contribution is 0.0915. The smallest absolute Gasteiger partial charge is 0.253 e. The maximum Gasteiger partial charge on any atom is 0.253 e. The average Bonchev–Trinajstić information content (AvgIpc) is 3.20. The molecule has 1 fully saturated rings. The second-order valence-corrected chi connectivity index (χ2v) is 10.1. The lowest BCUT2D eigenvalue weighted by Crippen LogP contribution is -2.31. The van der Waals surface area contributed by atoms with Crippen molar-refractivity contribution < 1.29 is 9.90 Å². The van der Waals surface area contributed by atoms with Crippen LogP contribution < -0.4 is 5.32 Å². The SMILES string of the molecule is CCSc1ccc(C(CO)NC(=O)c2cnc3c(c2)CN(CC2CCCCC2)C3)cc1. The van der Waals surface area contributed by atoms with Crippen LogP contribution in [-0.4, -0.2) is 39.8 Å². The van der Waals surface area contributed by atoms with Gasteiger partial charge in [-0.3, -0.25) is 14.7 Å². The number of nitrogens with one attached hydrogen (secondary N) is 1. The minimum atomic E-state index is -0.427. The van der Waals surface area contributed by atoms with Crippen molar-refractivity contribution in [3.8, 4) is 0 Å². The fourth-order valence-corrected chi connectivity index (χ4v) is 5.42. The molecule has 2 aliphatic rings. The summed E-state index contributed by atoms with van der Waals surface area (Å²) in [5.41, 5.74) is 3.72. The highest BCUT2D eigenvalue weighted by atomic mass is 32.2. The van der Waals surface area contributed by atoms with Crippen molar-refractivity contribution in [1.82, 2.24) is 15.2 Å². The Kier molecular flexibility index (Phi) is 7.64. The Hall–Kier alpha value is -1.89. The Bertz CT molecular complexity index is 881. The second kappa shape index (κ2) is 10.6. The first-order valence-corrected chi connectivity index (χ1v) is 12.5. The van der Waals surface area contributed by atoms with Crippen LogP contribution in [0.5, 0.6) is 0 Å². The number of rotatable bonds is 8. The molecular formula is C25H33N3O2S. The molecule has 0 spiro atoms. The van der Waals surface area contributed by atoms with Crippen molar-refractivity contribution in [2.45, 2.75) is 63.1 Å². The van der Waals surface area contributed by atoms with Gasteiger partial charge in [0.2, 0.25) is 0 Å². The number of carbonyl (C=O) groups is 1. The molecule has 2 aromatic rings. The summed E-state index contributed by atoms with van der Waals surface area (Å²) in [7, 11) is 0. The molecule has 0 saturated heterocycles. The summed E-state index contributed by atoms with van der Waals surface area (Å²) in [6.07, 6.45) is 8.46. The molecule has 1 amide bonds. The van der Waals surface area contributed by atoms with Crippen LogP contribution in [0.1, 0.15) is 72.2 Å². The van der Waals surface area contributed by atoms with E-state index in [0.717, 1.165) is 48.1 Å². The van der Waals surface area contributed by atoms with Gasteiger partial charge in [-0.05, 0) is 53.8 Å². The Morgan fingerprint density at radius 1 is 1.23 bits per heavy atom. The summed E-state index contributed by atoms with van der Waals surface area (Å²) in [4.78, 5) is 21.1. The molecule has 1 aromatic heterocycles. The van der Waals surface area contributed by atoms with Gasteiger partial charge in [0.25, 0.3) is 5.91 Å². The number of aliphatic hydroxyl groups excluding tert-OH is 1. The van der Waals surface area contributed by atoms with E-state index in [2.05, 4.69) is 22.1 Å². The molecular weight excluding hydrogens is 406 g/mol. The lowest BCUT2D eigenvalue weighted by atomic mass is 9.89. The van der Waals surface area contributed by atoms with Gasteiger partial charge in [0.15, 0.2) is 0 Å². The van der Waals surface area contributed by atoms with Crippen LogP contribution in [0, 0.1) is 5.92 Å². The van der Waals surface area contributed by atoms with Gasteiger partial charge in [-0.2, -0.15) is 0 Å². The van der Waals surface area contributed by atoms with Crippen molar-refractivity contribution in [2.24, 2.45) is 5.92 Å². The normalized spacial score (nSPS) is 18.0. The summed E-state index contributed by atoms with van der Waals surface area (Å²) in [5.74, 6) is 1.63. The molecule has 2 N–H and O–H groups in total. The summed E-state index contributed by atoms with van der Waals surface area (Å²) in [6.45, 7) is 4.88. The predicted octanol–water partition coefficient (Wildman–Crippen LogP) is 4.55. The fourth-order valence-electron chi connectivity index (χ4n) is 4.75. The van der Waals surface area contributed by atoms with E-state index in [9.17, 15) is 9.90 Å². The number of pyridine rings is 1. The van der Waals surface area contributed by atoms with Crippen molar-refractivity contribution in [2.75, 3.05) is 18.9 Å². The molecule has 1 saturated carbocycles. The van der Waals surface area contributed by atoms with Gasteiger partial charge in [-0.15, -0.1) is 11.8 Å². The minimum Gasteiger partial charge on any atom is -0.394 e. The maximum absolute atomic E-state index is 12.9. The summed E-state index contributed by atoms with van der Waals surface area (Å²) in [6, 6.07) is 9.58. The Balaban J connectivity index is 1.37. The molecule has 2 heterocycles. The van der Waals surface area contributed by atoms with Crippen molar-refractivity contribution >= 4 is 17.7 Å². The molecule has 1 aliphatic heterocycles. The Morgan fingerprint density at radius 2 is 2.00 bits per heavy atom. The maximum atomic E-state index is 12.9. The number of benzene rings is 1. The summed E-state index contributed by atoms with van der Waals surface area (Å²) in [5, 5.41) is 12.8. The average molecular weight is 440 g/mol. The third-order valence-electron chi connectivity index (χ3n) is 6.41. The van der Waals surface area contributed by atoms with E-state index in [1.54, 1.807) is 18.0 Å². The third kappa shape index (κ3) is 5.68. The van der Waals surface area contributed by atoms with Crippen molar-refractivity contribution in [1.29, 1.82) is 0 Å². The number of hydrogen-bond acceptors (Lipinski definition) is 5. The zero-order valence-electron chi connectivity index (χ0n) is 18.3. The van der Waals surface area contributed by atoms with Crippen LogP contribution in [0.3, 0.4) is 0 Å². The van der Waals surface area contributed by atoms with Gasteiger partial charge in [-0.25, -0.2) is 0 Å². The molecule has 6 heteroatoms. The quantitative estimate of drug-likeness (QED) is 0.591.